The zero-order chi connectivity index (χ0) is 23.6. The standard InChI is InChI=1S/C25H24BrN3O4/c1-3-32-23-14-19(10-13-22(23)33-16-18-8-11-20(26)12-9-18)15-27-29-25(31)24(30)28-21-7-5-4-6-17(21)2/h4-15H,3,16H2,1-2H3,(H,28,30)(H,29,31)/b27-15-. The minimum absolute atomic E-state index is 0.396. The predicted molar refractivity (Wildman–Crippen MR) is 132 cm³/mol. The summed E-state index contributed by atoms with van der Waals surface area (Å²) >= 11 is 3.41. The van der Waals surface area contributed by atoms with E-state index in [0.717, 1.165) is 15.6 Å². The number of amides is 2. The lowest BCUT2D eigenvalue weighted by atomic mass is 10.2. The van der Waals surface area contributed by atoms with Gasteiger partial charge in [0.1, 0.15) is 6.61 Å². The average molecular weight is 510 g/mol. The summed E-state index contributed by atoms with van der Waals surface area (Å²) in [5.74, 6) is -0.511. The van der Waals surface area contributed by atoms with Crippen molar-refractivity contribution in [3.8, 4) is 11.5 Å². The monoisotopic (exact) mass is 509 g/mol. The number of anilines is 1. The van der Waals surface area contributed by atoms with Gasteiger partial charge >= 0.3 is 11.8 Å². The van der Waals surface area contributed by atoms with E-state index in [-0.39, 0.29) is 0 Å². The number of benzene rings is 3. The number of para-hydroxylation sites is 1. The maximum Gasteiger partial charge on any atom is 0.329 e. The van der Waals surface area contributed by atoms with Crippen LogP contribution in [0.15, 0.2) is 76.3 Å². The second-order valence-electron chi connectivity index (χ2n) is 7.02. The van der Waals surface area contributed by atoms with Crippen LogP contribution in [0.5, 0.6) is 11.5 Å². The van der Waals surface area contributed by atoms with Crippen molar-refractivity contribution in [2.24, 2.45) is 5.10 Å². The maximum atomic E-state index is 12.1. The smallest absolute Gasteiger partial charge is 0.329 e. The maximum absolute atomic E-state index is 12.1. The Hall–Kier alpha value is -3.65. The summed E-state index contributed by atoms with van der Waals surface area (Å²) in [7, 11) is 0. The number of nitrogens with one attached hydrogen (secondary N) is 2. The molecule has 0 aliphatic rings. The van der Waals surface area contributed by atoms with Gasteiger partial charge in [-0.15, -0.1) is 0 Å². The lowest BCUT2D eigenvalue weighted by molar-refractivity contribution is -0.136. The quantitative estimate of drug-likeness (QED) is 0.258. The van der Waals surface area contributed by atoms with Gasteiger partial charge in [0, 0.05) is 10.2 Å². The highest BCUT2D eigenvalue weighted by Gasteiger charge is 2.13. The third kappa shape index (κ3) is 7.18. The normalized spacial score (nSPS) is 10.6. The molecule has 0 aromatic heterocycles. The number of nitrogens with zero attached hydrogens (tertiary/aromatic N) is 1. The highest BCUT2D eigenvalue weighted by molar-refractivity contribution is 9.10. The molecule has 0 bridgehead atoms. The Balaban J connectivity index is 1.59. The van der Waals surface area contributed by atoms with Gasteiger partial charge < -0.3 is 14.8 Å². The Morgan fingerprint density at radius 1 is 0.970 bits per heavy atom. The van der Waals surface area contributed by atoms with Crippen molar-refractivity contribution in [2.75, 3.05) is 11.9 Å². The Morgan fingerprint density at radius 3 is 2.45 bits per heavy atom. The fraction of sp³-hybridized carbons (Fsp3) is 0.160. The minimum Gasteiger partial charge on any atom is -0.490 e. The molecule has 0 aliphatic carbocycles. The van der Waals surface area contributed by atoms with E-state index in [4.69, 9.17) is 9.47 Å². The molecular weight excluding hydrogens is 486 g/mol. The average Bonchev–Trinajstić information content (AvgIpc) is 2.81. The lowest BCUT2D eigenvalue weighted by Gasteiger charge is -2.12. The zero-order valence-electron chi connectivity index (χ0n) is 18.3. The predicted octanol–water partition coefficient (Wildman–Crippen LogP) is 4.82. The number of aryl methyl sites for hydroxylation is 1. The van der Waals surface area contributed by atoms with Crippen LogP contribution < -0.4 is 20.2 Å². The van der Waals surface area contributed by atoms with Crippen molar-refractivity contribution in [3.05, 3.63) is 87.9 Å². The van der Waals surface area contributed by atoms with Crippen molar-refractivity contribution in [1.29, 1.82) is 0 Å². The molecular formula is C25H24BrN3O4. The van der Waals surface area contributed by atoms with Gasteiger partial charge in [-0.2, -0.15) is 5.10 Å². The summed E-state index contributed by atoms with van der Waals surface area (Å²) in [4.78, 5) is 24.1. The van der Waals surface area contributed by atoms with Crippen molar-refractivity contribution in [1.82, 2.24) is 5.43 Å². The molecule has 3 aromatic rings. The van der Waals surface area contributed by atoms with E-state index in [1.165, 1.54) is 6.21 Å². The number of hydrazone groups is 1. The van der Waals surface area contributed by atoms with E-state index in [1.807, 2.05) is 50.2 Å². The first kappa shape index (κ1) is 24.0. The van der Waals surface area contributed by atoms with Gasteiger partial charge in [-0.3, -0.25) is 9.59 Å². The van der Waals surface area contributed by atoms with Crippen LogP contribution in [-0.2, 0) is 16.2 Å². The summed E-state index contributed by atoms with van der Waals surface area (Å²) in [5.41, 5.74) is 5.36. The molecule has 7 nitrogen and oxygen atoms in total. The van der Waals surface area contributed by atoms with Crippen molar-refractivity contribution >= 4 is 39.6 Å². The molecule has 2 N–H and O–H groups in total. The number of hydrogen-bond donors (Lipinski definition) is 2. The number of halogens is 1. The topological polar surface area (TPSA) is 89.0 Å². The number of ether oxygens (including phenoxy) is 2. The van der Waals surface area contributed by atoms with Crippen LogP contribution in [0.25, 0.3) is 0 Å². The summed E-state index contributed by atoms with van der Waals surface area (Å²) in [5, 5.41) is 6.43. The van der Waals surface area contributed by atoms with E-state index >= 15 is 0 Å². The Kier molecular flexibility index (Phi) is 8.60. The Morgan fingerprint density at radius 2 is 1.73 bits per heavy atom. The summed E-state index contributed by atoms with van der Waals surface area (Å²) in [6, 6.07) is 20.4. The molecule has 0 heterocycles. The number of carbonyl (C=O) groups is 2. The van der Waals surface area contributed by atoms with Crippen LogP contribution >= 0.6 is 15.9 Å². The van der Waals surface area contributed by atoms with Crippen LogP contribution in [-0.4, -0.2) is 24.6 Å². The van der Waals surface area contributed by atoms with E-state index < -0.39 is 11.8 Å². The summed E-state index contributed by atoms with van der Waals surface area (Å²) < 4.78 is 12.6. The molecule has 0 saturated heterocycles. The molecule has 0 radical (unpaired) electrons. The fourth-order valence-electron chi connectivity index (χ4n) is 2.84. The lowest BCUT2D eigenvalue weighted by Crippen LogP contribution is -2.32. The van der Waals surface area contributed by atoms with Crippen LogP contribution in [0.1, 0.15) is 23.6 Å². The van der Waals surface area contributed by atoms with Crippen molar-refractivity contribution in [3.63, 3.8) is 0 Å². The molecule has 0 fully saturated rings. The first-order valence-corrected chi connectivity index (χ1v) is 11.1. The SMILES string of the molecule is CCOc1cc(/C=N\NC(=O)C(=O)Nc2ccccc2C)ccc1OCc1ccc(Br)cc1. The van der Waals surface area contributed by atoms with Crippen molar-refractivity contribution < 1.29 is 19.1 Å². The van der Waals surface area contributed by atoms with E-state index in [1.54, 1.807) is 30.3 Å². The third-order valence-corrected chi connectivity index (χ3v) is 5.08. The second kappa shape index (κ2) is 11.8. The van der Waals surface area contributed by atoms with Crippen LogP contribution in [0.2, 0.25) is 0 Å². The van der Waals surface area contributed by atoms with Crippen LogP contribution in [0, 0.1) is 6.92 Å². The highest BCUT2D eigenvalue weighted by Crippen LogP contribution is 2.29. The molecule has 0 saturated carbocycles. The molecule has 0 atom stereocenters. The molecule has 3 aromatic carbocycles. The van der Waals surface area contributed by atoms with Gasteiger partial charge in [0.2, 0.25) is 0 Å². The van der Waals surface area contributed by atoms with Gasteiger partial charge in [-0.25, -0.2) is 5.43 Å². The molecule has 170 valence electrons. The number of hydrogen-bond acceptors (Lipinski definition) is 5. The van der Waals surface area contributed by atoms with E-state index in [9.17, 15) is 9.59 Å². The van der Waals surface area contributed by atoms with Gasteiger partial charge in [-0.1, -0.05) is 46.3 Å². The summed E-state index contributed by atoms with van der Waals surface area (Å²) in [6.45, 7) is 4.58. The highest BCUT2D eigenvalue weighted by atomic mass is 79.9. The van der Waals surface area contributed by atoms with E-state index in [2.05, 4.69) is 31.8 Å². The first-order valence-electron chi connectivity index (χ1n) is 10.3. The third-order valence-electron chi connectivity index (χ3n) is 4.55. The minimum atomic E-state index is -0.867. The first-order chi connectivity index (χ1) is 16.0. The number of carbonyl (C=O) groups excluding carboxylic acids is 2. The molecule has 0 unspecified atom stereocenters. The zero-order valence-corrected chi connectivity index (χ0v) is 19.9. The second-order valence-corrected chi connectivity index (χ2v) is 7.94. The van der Waals surface area contributed by atoms with Gasteiger partial charge in [0.25, 0.3) is 0 Å². The van der Waals surface area contributed by atoms with Gasteiger partial charge in [0.15, 0.2) is 11.5 Å². The Labute approximate surface area is 200 Å². The van der Waals surface area contributed by atoms with Crippen molar-refractivity contribution in [2.45, 2.75) is 20.5 Å². The molecule has 2 amide bonds. The van der Waals surface area contributed by atoms with E-state index in [0.29, 0.717) is 36.0 Å². The molecule has 3 rings (SSSR count). The largest absolute Gasteiger partial charge is 0.490 e. The Bertz CT molecular complexity index is 1150. The van der Waals surface area contributed by atoms with Crippen LogP contribution in [0.4, 0.5) is 5.69 Å². The fourth-order valence-corrected chi connectivity index (χ4v) is 3.11. The van der Waals surface area contributed by atoms with Gasteiger partial charge in [0.05, 0.1) is 12.8 Å². The van der Waals surface area contributed by atoms with Gasteiger partial charge in [-0.05, 0) is 66.9 Å². The van der Waals surface area contributed by atoms with Crippen LogP contribution in [0.3, 0.4) is 0 Å². The summed E-state index contributed by atoms with van der Waals surface area (Å²) in [6.07, 6.45) is 1.43. The molecule has 33 heavy (non-hydrogen) atoms. The molecule has 8 heteroatoms. The molecule has 0 spiro atoms. The molecule has 0 aliphatic heterocycles. The number of rotatable bonds is 8.